The molecule has 1 N–H and O–H groups in total. The fourth-order valence-corrected chi connectivity index (χ4v) is 0.950. The molecule has 0 radical (unpaired) electrons. The van der Waals surface area contributed by atoms with Crippen LogP contribution in [0.15, 0.2) is 12.4 Å². The Morgan fingerprint density at radius 1 is 1.80 bits per heavy atom. The molecule has 0 bridgehead atoms. The van der Waals surface area contributed by atoms with Crippen molar-refractivity contribution in [3.63, 3.8) is 0 Å². The molecule has 0 aliphatic rings. The van der Waals surface area contributed by atoms with E-state index in [1.807, 2.05) is 6.20 Å². The number of aromatic amines is 1. The van der Waals surface area contributed by atoms with E-state index in [1.165, 1.54) is 0 Å². The van der Waals surface area contributed by atoms with Crippen molar-refractivity contribution in [2.24, 2.45) is 0 Å². The van der Waals surface area contributed by atoms with Crippen LogP contribution in [0.5, 0.6) is 0 Å². The zero-order chi connectivity index (χ0) is 7.40. The van der Waals surface area contributed by atoms with Gasteiger partial charge in [0.15, 0.2) is 0 Å². The van der Waals surface area contributed by atoms with Gasteiger partial charge >= 0.3 is 0 Å². The van der Waals surface area contributed by atoms with Gasteiger partial charge in [0.2, 0.25) is 0 Å². The Kier molecular flexibility index (Phi) is 2.81. The normalized spacial score (nSPS) is 13.4. The van der Waals surface area contributed by atoms with E-state index in [1.54, 1.807) is 6.20 Å². The second-order valence-electron chi connectivity index (χ2n) is 2.30. The Morgan fingerprint density at radius 2 is 2.60 bits per heavy atom. The molecule has 0 fully saturated rings. The molecule has 0 aromatic carbocycles. The lowest BCUT2D eigenvalue weighted by atomic mass is 10.2. The van der Waals surface area contributed by atoms with Gasteiger partial charge in [-0.25, -0.2) is 4.98 Å². The Balaban J connectivity index is 2.40. The summed E-state index contributed by atoms with van der Waals surface area (Å²) < 4.78 is 0. The highest BCUT2D eigenvalue weighted by atomic mass is 32.1. The summed E-state index contributed by atoms with van der Waals surface area (Å²) >= 11 is 4.36. The van der Waals surface area contributed by atoms with Gasteiger partial charge in [-0.3, -0.25) is 0 Å². The number of nitrogens with zero attached hydrogens (tertiary/aromatic N) is 1. The van der Waals surface area contributed by atoms with E-state index in [0.29, 0.717) is 5.25 Å². The molecule has 3 heteroatoms. The molecule has 1 aromatic rings. The summed E-state index contributed by atoms with van der Waals surface area (Å²) in [5.41, 5.74) is 0. The lowest BCUT2D eigenvalue weighted by Gasteiger charge is -2.02. The number of imidazole rings is 1. The van der Waals surface area contributed by atoms with Gasteiger partial charge in [0, 0.05) is 24.1 Å². The van der Waals surface area contributed by atoms with Gasteiger partial charge < -0.3 is 4.98 Å². The topological polar surface area (TPSA) is 28.7 Å². The maximum absolute atomic E-state index is 4.36. The highest BCUT2D eigenvalue weighted by Gasteiger charge is 2.01. The van der Waals surface area contributed by atoms with Crippen molar-refractivity contribution in [3.05, 3.63) is 18.2 Å². The molecule has 0 spiro atoms. The largest absolute Gasteiger partial charge is 0.349 e. The van der Waals surface area contributed by atoms with Gasteiger partial charge in [0.25, 0.3) is 0 Å². The Morgan fingerprint density at radius 3 is 3.10 bits per heavy atom. The molecule has 1 rings (SSSR count). The van der Waals surface area contributed by atoms with Crippen LogP contribution in [0.1, 0.15) is 19.2 Å². The van der Waals surface area contributed by atoms with Crippen LogP contribution in [-0.4, -0.2) is 15.2 Å². The minimum Gasteiger partial charge on any atom is -0.349 e. The van der Waals surface area contributed by atoms with Crippen LogP contribution in [0, 0.1) is 0 Å². The maximum atomic E-state index is 4.36. The van der Waals surface area contributed by atoms with Crippen molar-refractivity contribution in [1.29, 1.82) is 0 Å². The third-order valence-electron chi connectivity index (χ3n) is 1.46. The van der Waals surface area contributed by atoms with E-state index in [0.717, 1.165) is 18.7 Å². The summed E-state index contributed by atoms with van der Waals surface area (Å²) in [6.07, 6.45) is 5.63. The molecule has 0 saturated heterocycles. The first-order valence-corrected chi connectivity index (χ1v) is 4.01. The van der Waals surface area contributed by atoms with Crippen LogP contribution in [0.3, 0.4) is 0 Å². The summed E-state index contributed by atoms with van der Waals surface area (Å²) in [6.45, 7) is 2.13. The summed E-state index contributed by atoms with van der Waals surface area (Å²) in [4.78, 5) is 7.14. The molecule has 10 heavy (non-hydrogen) atoms. The van der Waals surface area contributed by atoms with E-state index in [9.17, 15) is 0 Å². The molecule has 0 amide bonds. The van der Waals surface area contributed by atoms with E-state index < -0.39 is 0 Å². The number of hydrogen-bond donors (Lipinski definition) is 2. The van der Waals surface area contributed by atoms with Crippen molar-refractivity contribution in [2.45, 2.75) is 25.0 Å². The minimum absolute atomic E-state index is 0.436. The average Bonchev–Trinajstić information content (AvgIpc) is 2.40. The maximum Gasteiger partial charge on any atom is 0.107 e. The molecule has 1 heterocycles. The number of nitrogens with one attached hydrogen (secondary N) is 1. The molecule has 1 unspecified atom stereocenters. The van der Waals surface area contributed by atoms with Crippen LogP contribution < -0.4 is 0 Å². The Hall–Kier alpha value is -0.440. The summed E-state index contributed by atoms with van der Waals surface area (Å²) in [6, 6.07) is 0. The number of H-pyrrole nitrogens is 1. The van der Waals surface area contributed by atoms with Crippen LogP contribution in [0.4, 0.5) is 0 Å². The molecular weight excluding hydrogens is 144 g/mol. The van der Waals surface area contributed by atoms with Crippen molar-refractivity contribution in [2.75, 3.05) is 0 Å². The predicted molar refractivity (Wildman–Crippen MR) is 45.4 cm³/mol. The third kappa shape index (κ3) is 2.06. The number of hydrogen-bond acceptors (Lipinski definition) is 2. The molecule has 0 saturated carbocycles. The Bertz CT molecular complexity index is 172. The molecule has 1 atom stereocenters. The van der Waals surface area contributed by atoms with Crippen LogP contribution in [0.25, 0.3) is 0 Å². The predicted octanol–water partition coefficient (Wildman–Crippen LogP) is 1.66. The highest BCUT2D eigenvalue weighted by molar-refractivity contribution is 7.80. The first-order valence-electron chi connectivity index (χ1n) is 3.49. The quantitative estimate of drug-likeness (QED) is 0.640. The van der Waals surface area contributed by atoms with E-state index in [2.05, 4.69) is 29.5 Å². The first-order chi connectivity index (χ1) is 4.83. The van der Waals surface area contributed by atoms with Crippen LogP contribution in [-0.2, 0) is 6.42 Å². The minimum atomic E-state index is 0.436. The molecule has 0 aliphatic carbocycles. The van der Waals surface area contributed by atoms with Gasteiger partial charge in [0.05, 0.1) is 0 Å². The van der Waals surface area contributed by atoms with Gasteiger partial charge in [-0.05, 0) is 6.42 Å². The average molecular weight is 156 g/mol. The zero-order valence-corrected chi connectivity index (χ0v) is 6.94. The van der Waals surface area contributed by atoms with Crippen molar-refractivity contribution >= 4 is 12.6 Å². The molecule has 0 aliphatic heterocycles. The fraction of sp³-hybridized carbons (Fsp3) is 0.571. The smallest absolute Gasteiger partial charge is 0.107 e. The standard InChI is InChI=1S/C7H12N2S/c1-2-6(10)5-7-8-3-4-9-7/h3-4,6,10H,2,5H2,1H3,(H,8,9). The molecule has 56 valence electrons. The fourth-order valence-electron chi connectivity index (χ4n) is 0.777. The zero-order valence-electron chi connectivity index (χ0n) is 6.04. The first kappa shape index (κ1) is 7.66. The second-order valence-corrected chi connectivity index (χ2v) is 3.03. The molecule has 2 nitrogen and oxygen atoms in total. The lowest BCUT2D eigenvalue weighted by molar-refractivity contribution is 0.786. The van der Waals surface area contributed by atoms with Crippen LogP contribution in [0.2, 0.25) is 0 Å². The van der Waals surface area contributed by atoms with Gasteiger partial charge in [-0.1, -0.05) is 6.92 Å². The van der Waals surface area contributed by atoms with Crippen molar-refractivity contribution < 1.29 is 0 Å². The SMILES string of the molecule is CCC(S)Cc1ncc[nH]1. The van der Waals surface area contributed by atoms with Gasteiger partial charge in [-0.2, -0.15) is 12.6 Å². The van der Waals surface area contributed by atoms with Gasteiger partial charge in [-0.15, -0.1) is 0 Å². The molecular formula is C7H12N2S. The third-order valence-corrected chi connectivity index (χ3v) is 2.00. The summed E-state index contributed by atoms with van der Waals surface area (Å²) in [5.74, 6) is 1.03. The Labute approximate surface area is 66.5 Å². The monoisotopic (exact) mass is 156 g/mol. The lowest BCUT2D eigenvalue weighted by Crippen LogP contribution is -2.02. The van der Waals surface area contributed by atoms with E-state index in [4.69, 9.17) is 0 Å². The number of thiol groups is 1. The summed E-state index contributed by atoms with van der Waals surface area (Å²) in [5, 5.41) is 0.436. The second kappa shape index (κ2) is 3.66. The van der Waals surface area contributed by atoms with Gasteiger partial charge in [0.1, 0.15) is 5.82 Å². The van der Waals surface area contributed by atoms with E-state index in [-0.39, 0.29) is 0 Å². The summed E-state index contributed by atoms with van der Waals surface area (Å²) in [7, 11) is 0. The van der Waals surface area contributed by atoms with Crippen LogP contribution >= 0.6 is 12.6 Å². The number of aromatic nitrogens is 2. The van der Waals surface area contributed by atoms with Crippen molar-refractivity contribution in [3.8, 4) is 0 Å². The highest BCUT2D eigenvalue weighted by Crippen LogP contribution is 2.05. The van der Waals surface area contributed by atoms with Crippen molar-refractivity contribution in [1.82, 2.24) is 9.97 Å². The molecule has 1 aromatic heterocycles. The van der Waals surface area contributed by atoms with E-state index >= 15 is 0 Å². The number of rotatable bonds is 3.